The first-order valence-electron chi connectivity index (χ1n) is 7.15. The van der Waals surface area contributed by atoms with Crippen molar-refractivity contribution in [3.63, 3.8) is 0 Å². The van der Waals surface area contributed by atoms with Gasteiger partial charge in [0.05, 0.1) is 12.1 Å². The zero-order chi connectivity index (χ0) is 13.7. The van der Waals surface area contributed by atoms with Gasteiger partial charge in [-0.25, -0.2) is 0 Å². The molecule has 6 nitrogen and oxygen atoms in total. The van der Waals surface area contributed by atoms with Crippen molar-refractivity contribution in [1.82, 2.24) is 9.80 Å². The summed E-state index contributed by atoms with van der Waals surface area (Å²) in [4.78, 5) is 16.7. The van der Waals surface area contributed by atoms with E-state index in [2.05, 4.69) is 4.90 Å². The van der Waals surface area contributed by atoms with E-state index in [1.54, 1.807) is 0 Å². The molecular weight excluding hydrogens is 246 g/mol. The van der Waals surface area contributed by atoms with E-state index in [1.807, 2.05) is 4.90 Å². The van der Waals surface area contributed by atoms with Gasteiger partial charge < -0.3 is 20.5 Å². The van der Waals surface area contributed by atoms with Gasteiger partial charge in [0.15, 0.2) is 0 Å². The number of aliphatic hydroxyl groups excluding tert-OH is 1. The molecule has 0 aromatic carbocycles. The Bertz CT molecular complexity index is 306. The Labute approximate surface area is 114 Å². The van der Waals surface area contributed by atoms with Gasteiger partial charge >= 0.3 is 0 Å². The molecule has 19 heavy (non-hydrogen) atoms. The number of β-amino-alcohol motifs (C(OH)–C–C–N with tert-alkyl or cyclic N) is 1. The van der Waals surface area contributed by atoms with E-state index in [0.717, 1.165) is 26.1 Å². The number of hydrogen-bond donors (Lipinski definition) is 2. The van der Waals surface area contributed by atoms with Crippen LogP contribution in [0.2, 0.25) is 0 Å². The summed E-state index contributed by atoms with van der Waals surface area (Å²) >= 11 is 0. The second-order valence-electron chi connectivity index (χ2n) is 5.48. The Morgan fingerprint density at radius 3 is 2.63 bits per heavy atom. The van der Waals surface area contributed by atoms with Crippen molar-refractivity contribution < 1.29 is 14.6 Å². The number of hydrogen-bond acceptors (Lipinski definition) is 5. The molecule has 2 rings (SSSR count). The molecule has 0 aromatic rings. The number of nitrogens with zero attached hydrogens (tertiary/aromatic N) is 2. The van der Waals surface area contributed by atoms with Gasteiger partial charge in [0.2, 0.25) is 5.91 Å². The summed E-state index contributed by atoms with van der Waals surface area (Å²) in [5.41, 5.74) is 5.52. The van der Waals surface area contributed by atoms with E-state index in [-0.39, 0.29) is 12.5 Å². The van der Waals surface area contributed by atoms with Crippen LogP contribution in [0.4, 0.5) is 0 Å². The third kappa shape index (κ3) is 3.66. The lowest BCUT2D eigenvalue weighted by molar-refractivity contribution is -0.140. The van der Waals surface area contributed by atoms with Gasteiger partial charge in [0, 0.05) is 39.4 Å². The van der Waals surface area contributed by atoms with Gasteiger partial charge in [-0.2, -0.15) is 0 Å². The van der Waals surface area contributed by atoms with Gasteiger partial charge in [0.25, 0.3) is 0 Å². The zero-order valence-corrected chi connectivity index (χ0v) is 11.5. The Morgan fingerprint density at radius 1 is 1.21 bits per heavy atom. The lowest BCUT2D eigenvalue weighted by atomic mass is 9.89. The zero-order valence-electron chi connectivity index (χ0n) is 11.5. The Balaban J connectivity index is 1.92. The average molecular weight is 271 g/mol. The number of nitrogens with two attached hydrogens (primary N) is 1. The SMILES string of the molecule is NC1(C(=O)N2CCCN(CCO)CC2)CCOCC1. The number of amides is 1. The molecule has 2 aliphatic heterocycles. The largest absolute Gasteiger partial charge is 0.395 e. The molecule has 0 saturated carbocycles. The number of aliphatic hydroxyl groups is 1. The fourth-order valence-corrected chi connectivity index (χ4v) is 2.80. The van der Waals surface area contributed by atoms with Crippen LogP contribution in [0.15, 0.2) is 0 Å². The number of carbonyl (C=O) groups excluding carboxylic acids is 1. The molecule has 0 aliphatic carbocycles. The van der Waals surface area contributed by atoms with E-state index >= 15 is 0 Å². The molecule has 0 bridgehead atoms. The fourth-order valence-electron chi connectivity index (χ4n) is 2.80. The normalized spacial score (nSPS) is 25.1. The minimum absolute atomic E-state index is 0.0710. The van der Waals surface area contributed by atoms with Crippen LogP contribution in [0.3, 0.4) is 0 Å². The molecule has 2 heterocycles. The minimum atomic E-state index is -0.732. The molecule has 2 aliphatic rings. The molecule has 0 unspecified atom stereocenters. The third-order valence-corrected chi connectivity index (χ3v) is 4.10. The van der Waals surface area contributed by atoms with Gasteiger partial charge in [-0.3, -0.25) is 9.69 Å². The van der Waals surface area contributed by atoms with Crippen LogP contribution in [0.1, 0.15) is 19.3 Å². The van der Waals surface area contributed by atoms with E-state index < -0.39 is 5.54 Å². The molecule has 0 radical (unpaired) electrons. The second kappa shape index (κ2) is 6.65. The summed E-state index contributed by atoms with van der Waals surface area (Å²) in [5.74, 6) is 0.0710. The van der Waals surface area contributed by atoms with Crippen molar-refractivity contribution in [3.05, 3.63) is 0 Å². The first-order valence-corrected chi connectivity index (χ1v) is 7.15. The summed E-state index contributed by atoms with van der Waals surface area (Å²) < 4.78 is 5.29. The van der Waals surface area contributed by atoms with Crippen molar-refractivity contribution in [3.8, 4) is 0 Å². The van der Waals surface area contributed by atoms with Gasteiger partial charge in [-0.1, -0.05) is 0 Å². The van der Waals surface area contributed by atoms with Crippen molar-refractivity contribution >= 4 is 5.91 Å². The van der Waals surface area contributed by atoms with Crippen LogP contribution in [-0.4, -0.2) is 78.9 Å². The fraction of sp³-hybridized carbons (Fsp3) is 0.923. The minimum Gasteiger partial charge on any atom is -0.395 e. The summed E-state index contributed by atoms with van der Waals surface area (Å²) in [6.07, 6.45) is 2.17. The van der Waals surface area contributed by atoms with E-state index in [0.29, 0.717) is 39.1 Å². The predicted molar refractivity (Wildman–Crippen MR) is 71.7 cm³/mol. The van der Waals surface area contributed by atoms with Gasteiger partial charge in [0.1, 0.15) is 0 Å². The molecule has 0 spiro atoms. The van der Waals surface area contributed by atoms with Crippen LogP contribution in [-0.2, 0) is 9.53 Å². The summed E-state index contributed by atoms with van der Waals surface area (Å²) in [6.45, 7) is 5.23. The highest BCUT2D eigenvalue weighted by Crippen LogP contribution is 2.21. The molecule has 0 atom stereocenters. The van der Waals surface area contributed by atoms with Crippen LogP contribution < -0.4 is 5.73 Å². The maximum absolute atomic E-state index is 12.6. The standard InChI is InChI=1S/C13H25N3O3/c14-13(2-10-19-11-3-13)12(18)16-5-1-4-15(6-7-16)8-9-17/h17H,1-11,14H2. The second-order valence-corrected chi connectivity index (χ2v) is 5.48. The van der Waals surface area contributed by atoms with Gasteiger partial charge in [-0.05, 0) is 25.8 Å². The lowest BCUT2D eigenvalue weighted by Gasteiger charge is -2.36. The Kier molecular flexibility index (Phi) is 5.15. The lowest BCUT2D eigenvalue weighted by Crippen LogP contribution is -2.58. The number of rotatable bonds is 3. The van der Waals surface area contributed by atoms with Crippen molar-refractivity contribution in [2.45, 2.75) is 24.8 Å². The first kappa shape index (κ1) is 14.7. The Hall–Kier alpha value is -0.690. The predicted octanol–water partition coefficient (Wildman–Crippen LogP) is -0.979. The van der Waals surface area contributed by atoms with Gasteiger partial charge in [-0.15, -0.1) is 0 Å². The quantitative estimate of drug-likeness (QED) is 0.690. The molecule has 2 fully saturated rings. The highest BCUT2D eigenvalue weighted by Gasteiger charge is 2.39. The maximum Gasteiger partial charge on any atom is 0.242 e. The smallest absolute Gasteiger partial charge is 0.242 e. The highest BCUT2D eigenvalue weighted by molar-refractivity contribution is 5.86. The van der Waals surface area contributed by atoms with Crippen LogP contribution in [0.5, 0.6) is 0 Å². The van der Waals surface area contributed by atoms with Crippen molar-refractivity contribution in [1.29, 1.82) is 0 Å². The summed E-state index contributed by atoms with van der Waals surface area (Å²) in [6, 6.07) is 0. The molecular formula is C13H25N3O3. The molecule has 2 saturated heterocycles. The average Bonchev–Trinajstić information content (AvgIpc) is 2.65. The van der Waals surface area contributed by atoms with Crippen molar-refractivity contribution in [2.24, 2.45) is 5.73 Å². The maximum atomic E-state index is 12.6. The van der Waals surface area contributed by atoms with Crippen LogP contribution in [0, 0.1) is 0 Å². The van der Waals surface area contributed by atoms with E-state index in [4.69, 9.17) is 15.6 Å². The monoisotopic (exact) mass is 271 g/mol. The molecule has 0 aromatic heterocycles. The summed E-state index contributed by atoms with van der Waals surface area (Å²) in [7, 11) is 0. The molecule has 1 amide bonds. The first-order chi connectivity index (χ1) is 9.15. The van der Waals surface area contributed by atoms with Crippen LogP contribution in [0.25, 0.3) is 0 Å². The molecule has 6 heteroatoms. The molecule has 3 N–H and O–H groups in total. The summed E-state index contributed by atoms with van der Waals surface area (Å²) in [5, 5.41) is 8.97. The van der Waals surface area contributed by atoms with Crippen molar-refractivity contribution in [2.75, 3.05) is 52.5 Å². The topological polar surface area (TPSA) is 79.0 Å². The Morgan fingerprint density at radius 2 is 1.95 bits per heavy atom. The third-order valence-electron chi connectivity index (χ3n) is 4.10. The van der Waals surface area contributed by atoms with E-state index in [1.165, 1.54) is 0 Å². The number of ether oxygens (including phenoxy) is 1. The molecule has 110 valence electrons. The van der Waals surface area contributed by atoms with Crippen LogP contribution >= 0.6 is 0 Å². The number of carbonyl (C=O) groups is 1. The van der Waals surface area contributed by atoms with E-state index in [9.17, 15) is 4.79 Å². The highest BCUT2D eigenvalue weighted by atomic mass is 16.5.